The van der Waals surface area contributed by atoms with Crippen molar-refractivity contribution in [1.82, 2.24) is 0 Å². The van der Waals surface area contributed by atoms with Crippen molar-refractivity contribution in [1.29, 1.82) is 0 Å². The average molecular weight is 259 g/mol. The van der Waals surface area contributed by atoms with Crippen LogP contribution in [0.5, 0.6) is 0 Å². The van der Waals surface area contributed by atoms with Crippen molar-refractivity contribution in [3.63, 3.8) is 0 Å². The van der Waals surface area contributed by atoms with Crippen LogP contribution in [0, 0.1) is 6.92 Å². The van der Waals surface area contributed by atoms with Crippen LogP contribution in [0.2, 0.25) is 0 Å². The molecule has 0 amide bonds. The highest BCUT2D eigenvalue weighted by Crippen LogP contribution is 2.52. The lowest BCUT2D eigenvalue weighted by Gasteiger charge is -2.02. The maximum absolute atomic E-state index is 13.2. The van der Waals surface area contributed by atoms with Crippen LogP contribution in [0.15, 0.2) is 24.3 Å². The third kappa shape index (κ3) is 2.18. The molecule has 1 atom stereocenters. The summed E-state index contributed by atoms with van der Waals surface area (Å²) < 4.78 is 39.9. The molecule has 4 heteroatoms. The van der Waals surface area contributed by atoms with E-state index >= 15 is 0 Å². The predicted octanol–water partition coefficient (Wildman–Crippen LogP) is 5.50. The number of thiophene rings is 1. The molecule has 0 saturated heterocycles. The minimum Gasteiger partial charge on any atom is -0.118 e. The number of fused-ring (bicyclic) bond motifs is 1. The molecule has 0 saturated carbocycles. The Balaban J connectivity index is 2.83. The van der Waals surface area contributed by atoms with E-state index in [1.165, 1.54) is 0 Å². The Hall–Kier alpha value is -1.03. The van der Waals surface area contributed by atoms with Crippen LogP contribution in [-0.4, -0.2) is 0 Å². The molecule has 1 aromatic heterocycles. The number of rotatable bonds is 1. The van der Waals surface area contributed by atoms with Crippen molar-refractivity contribution in [2.24, 2.45) is 0 Å². The summed E-state index contributed by atoms with van der Waals surface area (Å²) in [7, 11) is -1.74. The van der Waals surface area contributed by atoms with Gasteiger partial charge in [0.25, 0.3) is 0 Å². The van der Waals surface area contributed by atoms with Crippen LogP contribution >= 0.6 is 10.5 Å². The van der Waals surface area contributed by atoms with E-state index < -0.39 is 16.0 Å². The number of alkyl halides is 3. The normalized spacial score (nSPS) is 13.7. The molecule has 0 radical (unpaired) electrons. The zero-order chi connectivity index (χ0) is 12.8. The van der Waals surface area contributed by atoms with Crippen LogP contribution in [0.1, 0.15) is 30.2 Å². The monoisotopic (exact) mass is 259 g/mol. The fourth-order valence-electron chi connectivity index (χ4n) is 1.94. The number of halogens is 3. The summed E-state index contributed by atoms with van der Waals surface area (Å²) in [6.45, 7) is 5.46. The zero-order valence-electron chi connectivity index (χ0n) is 9.93. The fourth-order valence-corrected chi connectivity index (χ4v) is 4.09. The quantitative estimate of drug-likeness (QED) is 0.593. The van der Waals surface area contributed by atoms with E-state index in [0.29, 0.717) is 9.58 Å². The molecule has 1 aromatic carbocycles. The molecule has 0 bridgehead atoms. The largest absolute Gasteiger partial charge is 0.600 e. The van der Waals surface area contributed by atoms with E-state index in [1.54, 1.807) is 18.2 Å². The number of benzene rings is 1. The molecule has 1 unspecified atom stereocenters. The Morgan fingerprint density at radius 2 is 1.76 bits per heavy atom. The zero-order valence-corrected chi connectivity index (χ0v) is 10.7. The smallest absolute Gasteiger partial charge is 0.118 e. The molecule has 0 aliphatic rings. The summed E-state index contributed by atoms with van der Waals surface area (Å²) in [4.78, 5) is 0.498. The van der Waals surface area contributed by atoms with Crippen LogP contribution in [-0.2, 0) is 5.51 Å². The lowest BCUT2D eigenvalue weighted by Crippen LogP contribution is -1.99. The van der Waals surface area contributed by atoms with Crippen molar-refractivity contribution in [2.75, 3.05) is 0 Å². The molecule has 17 heavy (non-hydrogen) atoms. The van der Waals surface area contributed by atoms with Gasteiger partial charge in [-0.2, -0.15) is 0 Å². The Morgan fingerprint density at radius 1 is 1.12 bits per heavy atom. The highest BCUT2D eigenvalue weighted by atomic mass is 32.2. The SMILES string of the molecule is Cc1ccc2cc(C(C)C)[s+](C(F)(F)F)c2c1. The molecular weight excluding hydrogens is 245 g/mol. The van der Waals surface area contributed by atoms with Crippen molar-refractivity contribution in [3.05, 3.63) is 34.7 Å². The predicted molar refractivity (Wildman–Crippen MR) is 66.6 cm³/mol. The van der Waals surface area contributed by atoms with Crippen molar-refractivity contribution >= 4 is 20.6 Å². The molecule has 92 valence electrons. The van der Waals surface area contributed by atoms with Gasteiger partial charge in [0, 0.05) is 23.4 Å². The highest BCUT2D eigenvalue weighted by molar-refractivity contribution is 7.38. The minimum absolute atomic E-state index is 0.0762. The Morgan fingerprint density at radius 3 is 2.29 bits per heavy atom. The second kappa shape index (κ2) is 4.02. The molecule has 2 rings (SSSR count). The van der Waals surface area contributed by atoms with Crippen LogP contribution in [0.3, 0.4) is 0 Å². The van der Waals surface area contributed by atoms with Gasteiger partial charge in [0.05, 0.1) is 10.5 Å². The first-order valence-corrected chi connectivity index (χ1v) is 6.66. The van der Waals surface area contributed by atoms with E-state index in [0.717, 1.165) is 10.9 Å². The minimum atomic E-state index is -4.17. The third-order valence-corrected chi connectivity index (χ3v) is 5.04. The summed E-state index contributed by atoms with van der Waals surface area (Å²) in [5.41, 5.74) is -3.29. The molecule has 0 fully saturated rings. The Kier molecular flexibility index (Phi) is 2.94. The lowest BCUT2D eigenvalue weighted by molar-refractivity contribution is -0.0868. The lowest BCUT2D eigenvalue weighted by atomic mass is 10.1. The summed E-state index contributed by atoms with van der Waals surface area (Å²) in [5.74, 6) is -0.0762. The molecule has 0 aliphatic carbocycles. The summed E-state index contributed by atoms with van der Waals surface area (Å²) in [6.07, 6.45) is 0. The molecule has 0 N–H and O–H groups in total. The van der Waals surface area contributed by atoms with E-state index in [9.17, 15) is 13.2 Å². The molecular formula is C13H14F3S+. The van der Waals surface area contributed by atoms with Gasteiger partial charge >= 0.3 is 5.51 Å². The number of aryl methyl sites for hydroxylation is 1. The van der Waals surface area contributed by atoms with Gasteiger partial charge in [-0.3, -0.25) is 0 Å². The molecule has 0 nitrogen and oxygen atoms in total. The van der Waals surface area contributed by atoms with Crippen LogP contribution in [0.25, 0.3) is 10.1 Å². The fraction of sp³-hybridized carbons (Fsp3) is 0.385. The summed E-state index contributed by atoms with van der Waals surface area (Å²) >= 11 is 0. The van der Waals surface area contributed by atoms with Gasteiger partial charge in [0.1, 0.15) is 0 Å². The summed E-state index contributed by atoms with van der Waals surface area (Å²) in [6, 6.07) is 7.01. The van der Waals surface area contributed by atoms with E-state index in [-0.39, 0.29) is 5.92 Å². The maximum Gasteiger partial charge on any atom is 0.600 e. The van der Waals surface area contributed by atoms with Gasteiger partial charge in [-0.25, -0.2) is 0 Å². The highest BCUT2D eigenvalue weighted by Gasteiger charge is 2.48. The topological polar surface area (TPSA) is 0 Å². The first-order valence-electron chi connectivity index (χ1n) is 5.44. The maximum atomic E-state index is 13.2. The Bertz CT molecular complexity index is 550. The average Bonchev–Trinajstić information content (AvgIpc) is 2.55. The molecule has 2 aromatic rings. The summed E-state index contributed by atoms with van der Waals surface area (Å²) in [5, 5.41) is 0.722. The first kappa shape index (κ1) is 12.4. The molecule has 0 spiro atoms. The van der Waals surface area contributed by atoms with Gasteiger partial charge in [0.2, 0.25) is 0 Å². The van der Waals surface area contributed by atoms with Gasteiger partial charge in [0.15, 0.2) is 9.58 Å². The molecule has 1 heterocycles. The first-order chi connectivity index (χ1) is 7.80. The van der Waals surface area contributed by atoms with Crippen molar-refractivity contribution in [3.8, 4) is 0 Å². The van der Waals surface area contributed by atoms with Crippen LogP contribution < -0.4 is 0 Å². The van der Waals surface area contributed by atoms with Gasteiger partial charge in [-0.15, -0.1) is 13.2 Å². The van der Waals surface area contributed by atoms with E-state index in [1.807, 2.05) is 26.8 Å². The van der Waals surface area contributed by atoms with Gasteiger partial charge < -0.3 is 0 Å². The third-order valence-electron chi connectivity index (χ3n) is 2.72. The Labute approximate surface area is 101 Å². The number of hydrogen-bond acceptors (Lipinski definition) is 0. The van der Waals surface area contributed by atoms with E-state index in [2.05, 4.69) is 0 Å². The van der Waals surface area contributed by atoms with Gasteiger partial charge in [-0.1, -0.05) is 19.9 Å². The standard InChI is InChI=1S/C13H14F3S/c1-8(2)11-7-10-5-4-9(3)6-12(10)17(11)13(14,15)16/h4-8H,1-3H3/q+1. The second-order valence-corrected chi connectivity index (χ2v) is 6.48. The van der Waals surface area contributed by atoms with E-state index in [4.69, 9.17) is 0 Å². The van der Waals surface area contributed by atoms with Crippen LogP contribution in [0.4, 0.5) is 13.2 Å². The number of hydrogen-bond donors (Lipinski definition) is 0. The molecule has 0 aliphatic heterocycles. The van der Waals surface area contributed by atoms with Gasteiger partial charge in [-0.05, 0) is 18.6 Å². The van der Waals surface area contributed by atoms with Crippen molar-refractivity contribution in [2.45, 2.75) is 32.2 Å². The second-order valence-electron chi connectivity index (χ2n) is 4.49. The van der Waals surface area contributed by atoms with Crippen molar-refractivity contribution < 1.29 is 13.2 Å².